The number of aromatic nitrogens is 6. The molecular weight excluding hydrogens is 584 g/mol. The van der Waals surface area contributed by atoms with Gasteiger partial charge in [0.2, 0.25) is 5.88 Å². The van der Waals surface area contributed by atoms with E-state index in [2.05, 4.69) is 41.0 Å². The van der Waals surface area contributed by atoms with Gasteiger partial charge in [-0.3, -0.25) is 19.6 Å². The van der Waals surface area contributed by atoms with Crippen molar-refractivity contribution in [1.82, 2.24) is 35.0 Å². The molecule has 2 N–H and O–H groups in total. The standard InChI is InChI=1S/C30H21ClN10O3/c31-22-5-6-26-24(15-22)27(36-38-29(43)20-9-13-33-14-10-20)30(44)40(26)17-23-18-41(39-35-23)25-4-2-1-3-21(25)16-34-37-28(42)19-7-11-32-12-8-19/h1-16,18,44H,17H2,(H,37,42)/b34-16-,38-36?. The van der Waals surface area contributed by atoms with E-state index < -0.39 is 5.91 Å². The fraction of sp³-hybridized carbons (Fsp3) is 0.0333. The van der Waals surface area contributed by atoms with E-state index >= 15 is 0 Å². The Morgan fingerprint density at radius 1 is 0.955 bits per heavy atom. The molecule has 0 atom stereocenters. The van der Waals surface area contributed by atoms with Gasteiger partial charge in [0.05, 0.1) is 30.2 Å². The number of carbonyl (C=O) groups is 2. The van der Waals surface area contributed by atoms with E-state index in [4.69, 9.17) is 11.6 Å². The molecule has 0 aliphatic carbocycles. The van der Waals surface area contributed by atoms with Crippen LogP contribution in [0, 0.1) is 0 Å². The van der Waals surface area contributed by atoms with Gasteiger partial charge < -0.3 is 9.67 Å². The summed E-state index contributed by atoms with van der Waals surface area (Å²) in [6.07, 6.45) is 9.22. The third-order valence-electron chi connectivity index (χ3n) is 6.50. The number of hydrogen-bond donors (Lipinski definition) is 2. The zero-order valence-corrected chi connectivity index (χ0v) is 23.4. The number of halogens is 1. The van der Waals surface area contributed by atoms with Crippen molar-refractivity contribution in [2.24, 2.45) is 15.3 Å². The fourth-order valence-corrected chi connectivity index (χ4v) is 4.56. The third-order valence-corrected chi connectivity index (χ3v) is 6.73. The van der Waals surface area contributed by atoms with E-state index in [1.807, 2.05) is 24.3 Å². The van der Waals surface area contributed by atoms with Crippen molar-refractivity contribution >= 4 is 46.2 Å². The largest absolute Gasteiger partial charge is 0.493 e. The van der Waals surface area contributed by atoms with Gasteiger partial charge in [0.25, 0.3) is 11.8 Å². The third kappa shape index (κ3) is 5.93. The molecule has 0 saturated carbocycles. The minimum absolute atomic E-state index is 0.0904. The van der Waals surface area contributed by atoms with Crippen LogP contribution in [-0.2, 0) is 6.54 Å². The summed E-state index contributed by atoms with van der Waals surface area (Å²) >= 11 is 6.24. The molecule has 0 fully saturated rings. The number of benzene rings is 2. The van der Waals surface area contributed by atoms with E-state index in [1.165, 1.54) is 43.1 Å². The molecule has 13 nitrogen and oxygen atoms in total. The second-order valence-corrected chi connectivity index (χ2v) is 9.75. The molecular formula is C30H21ClN10O3. The molecule has 2 aromatic carbocycles. The minimum atomic E-state index is -0.586. The van der Waals surface area contributed by atoms with Crippen molar-refractivity contribution in [2.75, 3.05) is 0 Å². The molecule has 0 radical (unpaired) electrons. The lowest BCUT2D eigenvalue weighted by molar-refractivity contribution is 0.0953. The van der Waals surface area contributed by atoms with Gasteiger partial charge in [-0.1, -0.05) is 35.0 Å². The number of hydrogen-bond acceptors (Lipinski definition) is 9. The number of para-hydroxylation sites is 1. The summed E-state index contributed by atoms with van der Waals surface area (Å²) in [7, 11) is 0. The summed E-state index contributed by atoms with van der Waals surface area (Å²) in [5.41, 5.74) is 5.77. The van der Waals surface area contributed by atoms with Crippen LogP contribution in [0.3, 0.4) is 0 Å². The van der Waals surface area contributed by atoms with Gasteiger partial charge >= 0.3 is 0 Å². The van der Waals surface area contributed by atoms with Crippen molar-refractivity contribution in [3.8, 4) is 11.6 Å². The average molecular weight is 605 g/mol. The van der Waals surface area contributed by atoms with Crippen molar-refractivity contribution in [2.45, 2.75) is 6.54 Å². The summed E-state index contributed by atoms with van der Waals surface area (Å²) in [4.78, 5) is 32.6. The number of hydrazone groups is 1. The minimum Gasteiger partial charge on any atom is -0.493 e. The number of fused-ring (bicyclic) bond motifs is 1. The lowest BCUT2D eigenvalue weighted by atomic mass is 10.2. The van der Waals surface area contributed by atoms with E-state index in [1.54, 1.807) is 45.8 Å². The fourth-order valence-electron chi connectivity index (χ4n) is 4.39. The van der Waals surface area contributed by atoms with Crippen molar-refractivity contribution < 1.29 is 14.7 Å². The van der Waals surface area contributed by atoms with Gasteiger partial charge in [0.15, 0.2) is 5.69 Å². The Morgan fingerprint density at radius 2 is 1.68 bits per heavy atom. The highest BCUT2D eigenvalue weighted by atomic mass is 35.5. The number of pyridine rings is 2. The number of nitrogens with one attached hydrogen (secondary N) is 1. The van der Waals surface area contributed by atoms with Crippen LogP contribution < -0.4 is 5.43 Å². The lowest BCUT2D eigenvalue weighted by Crippen LogP contribution is -2.17. The number of aromatic hydroxyl groups is 1. The molecule has 216 valence electrons. The first-order valence-corrected chi connectivity index (χ1v) is 13.5. The maximum absolute atomic E-state index is 12.5. The molecule has 0 spiro atoms. The Kier molecular flexibility index (Phi) is 7.92. The highest BCUT2D eigenvalue weighted by Crippen LogP contribution is 2.40. The van der Waals surface area contributed by atoms with Crippen LogP contribution in [0.1, 0.15) is 32.0 Å². The van der Waals surface area contributed by atoms with Gasteiger partial charge in [0, 0.05) is 51.9 Å². The number of carbonyl (C=O) groups excluding carboxylic acids is 2. The Balaban J connectivity index is 1.25. The SMILES string of the molecule is O=C(N=Nc1c(O)n(Cc2cn(-c3ccccc3/C=N\NC(=O)c3ccncc3)nn2)c2ccc(Cl)cc12)c1ccncc1. The predicted molar refractivity (Wildman–Crippen MR) is 161 cm³/mol. The first-order valence-electron chi connectivity index (χ1n) is 13.1. The van der Waals surface area contributed by atoms with Crippen LogP contribution in [0.2, 0.25) is 5.02 Å². The molecule has 0 bridgehead atoms. The highest BCUT2D eigenvalue weighted by Gasteiger charge is 2.19. The molecule has 0 aliphatic heterocycles. The predicted octanol–water partition coefficient (Wildman–Crippen LogP) is 5.11. The smallest absolute Gasteiger partial charge is 0.295 e. The van der Waals surface area contributed by atoms with E-state index in [0.717, 1.165) is 0 Å². The zero-order chi connectivity index (χ0) is 30.5. The van der Waals surface area contributed by atoms with Gasteiger partial charge in [-0.2, -0.15) is 5.10 Å². The van der Waals surface area contributed by atoms with E-state index in [9.17, 15) is 14.7 Å². The van der Waals surface area contributed by atoms with E-state index in [-0.39, 0.29) is 24.0 Å². The highest BCUT2D eigenvalue weighted by molar-refractivity contribution is 6.31. The molecule has 0 saturated heterocycles. The summed E-state index contributed by atoms with van der Waals surface area (Å²) in [6, 6.07) is 18.6. The van der Waals surface area contributed by atoms with Gasteiger partial charge in [0.1, 0.15) is 5.69 Å². The van der Waals surface area contributed by atoms with Gasteiger partial charge in [-0.25, -0.2) is 10.1 Å². The molecule has 4 heterocycles. The average Bonchev–Trinajstić information content (AvgIpc) is 3.62. The molecule has 6 rings (SSSR count). The van der Waals surface area contributed by atoms with E-state index in [0.29, 0.717) is 44.0 Å². The second-order valence-electron chi connectivity index (χ2n) is 9.31. The number of amides is 2. The quantitative estimate of drug-likeness (QED) is 0.138. The van der Waals surface area contributed by atoms with Crippen LogP contribution in [-0.4, -0.2) is 52.7 Å². The normalized spacial score (nSPS) is 11.5. The summed E-state index contributed by atoms with van der Waals surface area (Å²) in [6.45, 7) is 0.121. The first kappa shape index (κ1) is 28.1. The zero-order valence-electron chi connectivity index (χ0n) is 22.7. The Morgan fingerprint density at radius 3 is 2.45 bits per heavy atom. The molecule has 0 aliphatic rings. The Hall–Kier alpha value is -6.08. The van der Waals surface area contributed by atoms with Crippen molar-refractivity contribution in [3.05, 3.63) is 125 Å². The molecule has 2 amide bonds. The monoisotopic (exact) mass is 604 g/mol. The Bertz CT molecular complexity index is 2040. The molecule has 14 heteroatoms. The number of nitrogens with zero attached hydrogens (tertiary/aromatic N) is 9. The van der Waals surface area contributed by atoms with Crippen LogP contribution in [0.5, 0.6) is 5.88 Å². The van der Waals surface area contributed by atoms with Crippen molar-refractivity contribution in [3.63, 3.8) is 0 Å². The second kappa shape index (κ2) is 12.4. The molecule has 44 heavy (non-hydrogen) atoms. The maximum atomic E-state index is 12.5. The first-order chi connectivity index (χ1) is 21.5. The van der Waals surface area contributed by atoms with Gasteiger partial charge in [-0.15, -0.1) is 15.3 Å². The summed E-state index contributed by atoms with van der Waals surface area (Å²) in [5.74, 6) is -1.18. The lowest BCUT2D eigenvalue weighted by Gasteiger charge is -2.05. The summed E-state index contributed by atoms with van der Waals surface area (Å²) in [5, 5.41) is 32.6. The molecule has 6 aromatic rings. The van der Waals surface area contributed by atoms with Crippen molar-refractivity contribution in [1.29, 1.82) is 0 Å². The van der Waals surface area contributed by atoms with Crippen LogP contribution in [0.15, 0.2) is 113 Å². The van der Waals surface area contributed by atoms with Crippen LogP contribution in [0.25, 0.3) is 16.6 Å². The van der Waals surface area contributed by atoms with Crippen LogP contribution in [0.4, 0.5) is 5.69 Å². The van der Waals surface area contributed by atoms with Gasteiger partial charge in [-0.05, 0) is 48.5 Å². The summed E-state index contributed by atoms with van der Waals surface area (Å²) < 4.78 is 3.14. The van der Waals surface area contributed by atoms with Crippen LogP contribution >= 0.6 is 11.6 Å². The topological polar surface area (TPSA) is 165 Å². The molecule has 0 unspecified atom stereocenters. The Labute approximate surface area is 254 Å². The molecule has 4 aromatic heterocycles. The number of rotatable bonds is 8. The maximum Gasteiger partial charge on any atom is 0.295 e. The number of azo groups is 1.